The van der Waals surface area contributed by atoms with Crippen LogP contribution in [0.5, 0.6) is 5.75 Å². The fourth-order valence-electron chi connectivity index (χ4n) is 2.24. The van der Waals surface area contributed by atoms with Crippen LogP contribution in [0.15, 0.2) is 18.2 Å². The number of rotatable bonds is 4. The average Bonchev–Trinajstić information content (AvgIpc) is 2.87. The highest BCUT2D eigenvalue weighted by Gasteiger charge is 2.36. The standard InChI is InChI=1S/C13H17N3O4/c1-13(6-3-7-14-13)12(17)15-10-5-4-9(20-2)8-11(10)16(18)19/h4-5,8,14H,3,6-7H2,1-2H3,(H,15,17). The Labute approximate surface area is 116 Å². The predicted molar refractivity (Wildman–Crippen MR) is 73.9 cm³/mol. The number of hydrogen-bond acceptors (Lipinski definition) is 5. The lowest BCUT2D eigenvalue weighted by Gasteiger charge is -2.23. The molecule has 1 aromatic carbocycles. The molecule has 1 aliphatic heterocycles. The summed E-state index contributed by atoms with van der Waals surface area (Å²) in [6, 6.07) is 4.35. The molecule has 0 bridgehead atoms. The zero-order valence-corrected chi connectivity index (χ0v) is 11.4. The van der Waals surface area contributed by atoms with Gasteiger partial charge in [0.2, 0.25) is 5.91 Å². The summed E-state index contributed by atoms with van der Waals surface area (Å²) < 4.78 is 4.96. The monoisotopic (exact) mass is 279 g/mol. The Morgan fingerprint density at radius 1 is 1.55 bits per heavy atom. The van der Waals surface area contributed by atoms with E-state index in [1.54, 1.807) is 13.0 Å². The molecule has 0 radical (unpaired) electrons. The molecule has 2 rings (SSSR count). The van der Waals surface area contributed by atoms with E-state index in [9.17, 15) is 14.9 Å². The first-order valence-corrected chi connectivity index (χ1v) is 6.35. The van der Waals surface area contributed by atoms with Gasteiger partial charge in [-0.25, -0.2) is 0 Å². The topological polar surface area (TPSA) is 93.5 Å². The van der Waals surface area contributed by atoms with Crippen LogP contribution in [0, 0.1) is 10.1 Å². The third kappa shape index (κ3) is 2.72. The molecule has 0 saturated carbocycles. The van der Waals surface area contributed by atoms with Crippen LogP contribution in [0.1, 0.15) is 19.8 Å². The number of hydrogen-bond donors (Lipinski definition) is 2. The number of nitro groups is 1. The van der Waals surface area contributed by atoms with Gasteiger partial charge in [-0.2, -0.15) is 0 Å². The first kappa shape index (κ1) is 14.3. The van der Waals surface area contributed by atoms with E-state index >= 15 is 0 Å². The molecule has 20 heavy (non-hydrogen) atoms. The van der Waals surface area contributed by atoms with E-state index in [2.05, 4.69) is 10.6 Å². The van der Waals surface area contributed by atoms with E-state index in [1.807, 2.05) is 0 Å². The number of nitrogens with zero attached hydrogens (tertiary/aromatic N) is 1. The molecule has 1 heterocycles. The Bertz CT molecular complexity index is 538. The molecule has 1 atom stereocenters. The van der Waals surface area contributed by atoms with Crippen LogP contribution in [-0.4, -0.2) is 30.0 Å². The number of carbonyl (C=O) groups excluding carboxylic acids is 1. The highest BCUT2D eigenvalue weighted by Crippen LogP contribution is 2.30. The lowest BCUT2D eigenvalue weighted by molar-refractivity contribution is -0.384. The lowest BCUT2D eigenvalue weighted by Crippen LogP contribution is -2.48. The maximum Gasteiger partial charge on any atom is 0.296 e. The largest absolute Gasteiger partial charge is 0.496 e. The van der Waals surface area contributed by atoms with Gasteiger partial charge in [-0.1, -0.05) is 0 Å². The molecule has 0 aliphatic carbocycles. The molecule has 1 fully saturated rings. The summed E-state index contributed by atoms with van der Waals surface area (Å²) in [6.45, 7) is 2.57. The maximum atomic E-state index is 12.2. The van der Waals surface area contributed by atoms with E-state index < -0.39 is 10.5 Å². The summed E-state index contributed by atoms with van der Waals surface area (Å²) in [5.41, 5.74) is -0.677. The van der Waals surface area contributed by atoms with Gasteiger partial charge in [-0.05, 0) is 38.4 Å². The van der Waals surface area contributed by atoms with Gasteiger partial charge in [0.25, 0.3) is 5.69 Å². The van der Waals surface area contributed by atoms with Crippen molar-refractivity contribution in [3.63, 3.8) is 0 Å². The molecule has 1 unspecified atom stereocenters. The molecule has 0 spiro atoms. The molecular weight excluding hydrogens is 262 g/mol. The number of ether oxygens (including phenoxy) is 1. The summed E-state index contributed by atoms with van der Waals surface area (Å²) >= 11 is 0. The molecule has 1 aliphatic rings. The molecule has 2 N–H and O–H groups in total. The molecule has 7 nitrogen and oxygen atoms in total. The van der Waals surface area contributed by atoms with E-state index in [-0.39, 0.29) is 17.3 Å². The molecule has 0 aromatic heterocycles. The molecule has 1 amide bonds. The molecule has 1 saturated heterocycles. The predicted octanol–water partition coefficient (Wildman–Crippen LogP) is 1.68. The van der Waals surface area contributed by atoms with Crippen molar-refractivity contribution in [1.82, 2.24) is 5.32 Å². The van der Waals surface area contributed by atoms with Gasteiger partial charge in [0, 0.05) is 0 Å². The third-order valence-electron chi connectivity index (χ3n) is 3.52. The molecule has 1 aromatic rings. The van der Waals surface area contributed by atoms with Crippen molar-refractivity contribution in [2.24, 2.45) is 0 Å². The summed E-state index contributed by atoms with van der Waals surface area (Å²) in [4.78, 5) is 22.8. The van der Waals surface area contributed by atoms with Crippen molar-refractivity contribution >= 4 is 17.3 Å². The van der Waals surface area contributed by atoms with Crippen LogP contribution in [0.3, 0.4) is 0 Å². The number of amides is 1. The summed E-state index contributed by atoms with van der Waals surface area (Å²) in [6.07, 6.45) is 1.62. The third-order valence-corrected chi connectivity index (χ3v) is 3.52. The zero-order chi connectivity index (χ0) is 14.8. The second-order valence-electron chi connectivity index (χ2n) is 4.96. The number of nitrogens with one attached hydrogen (secondary N) is 2. The number of benzene rings is 1. The molecule has 7 heteroatoms. The van der Waals surface area contributed by atoms with Crippen molar-refractivity contribution < 1.29 is 14.5 Å². The Hall–Kier alpha value is -2.15. The van der Waals surface area contributed by atoms with Crippen molar-refractivity contribution in [1.29, 1.82) is 0 Å². The van der Waals surface area contributed by atoms with E-state index in [0.29, 0.717) is 12.2 Å². The Kier molecular flexibility index (Phi) is 3.89. The highest BCUT2D eigenvalue weighted by molar-refractivity contribution is 5.99. The van der Waals surface area contributed by atoms with Crippen molar-refractivity contribution in [2.45, 2.75) is 25.3 Å². The fraction of sp³-hybridized carbons (Fsp3) is 0.462. The highest BCUT2D eigenvalue weighted by atomic mass is 16.6. The Morgan fingerprint density at radius 2 is 2.30 bits per heavy atom. The first-order chi connectivity index (χ1) is 9.46. The van der Waals surface area contributed by atoms with Crippen molar-refractivity contribution in [3.8, 4) is 5.75 Å². The minimum atomic E-state index is -0.673. The maximum absolute atomic E-state index is 12.2. The Morgan fingerprint density at radius 3 is 2.85 bits per heavy atom. The van der Waals surface area contributed by atoms with Crippen molar-refractivity contribution in [2.75, 3.05) is 19.0 Å². The molecule has 108 valence electrons. The Balaban J connectivity index is 2.24. The van der Waals surface area contributed by atoms with Gasteiger partial charge in [0.1, 0.15) is 11.4 Å². The van der Waals surface area contributed by atoms with Crippen LogP contribution < -0.4 is 15.4 Å². The van der Waals surface area contributed by atoms with Gasteiger partial charge >= 0.3 is 0 Å². The number of carbonyl (C=O) groups is 1. The fourth-order valence-corrected chi connectivity index (χ4v) is 2.24. The minimum Gasteiger partial charge on any atom is -0.496 e. The molecular formula is C13H17N3O4. The lowest BCUT2D eigenvalue weighted by atomic mass is 9.99. The summed E-state index contributed by atoms with van der Waals surface area (Å²) in [5.74, 6) is 0.114. The van der Waals surface area contributed by atoms with E-state index in [4.69, 9.17) is 4.74 Å². The van der Waals surface area contributed by atoms with Gasteiger partial charge in [0.05, 0.1) is 23.6 Å². The summed E-state index contributed by atoms with van der Waals surface area (Å²) in [7, 11) is 1.43. The van der Waals surface area contributed by atoms with E-state index in [1.165, 1.54) is 19.2 Å². The quantitative estimate of drug-likeness (QED) is 0.646. The van der Waals surface area contributed by atoms with Crippen LogP contribution in [0.25, 0.3) is 0 Å². The first-order valence-electron chi connectivity index (χ1n) is 6.35. The van der Waals surface area contributed by atoms with Gasteiger partial charge in [-0.3, -0.25) is 14.9 Å². The van der Waals surface area contributed by atoms with Crippen LogP contribution >= 0.6 is 0 Å². The normalized spacial score (nSPS) is 21.5. The van der Waals surface area contributed by atoms with Gasteiger partial charge in [0.15, 0.2) is 0 Å². The second-order valence-corrected chi connectivity index (χ2v) is 4.96. The smallest absolute Gasteiger partial charge is 0.296 e. The number of anilines is 1. The van der Waals surface area contributed by atoms with Crippen LogP contribution in [0.4, 0.5) is 11.4 Å². The van der Waals surface area contributed by atoms with Crippen molar-refractivity contribution in [3.05, 3.63) is 28.3 Å². The van der Waals surface area contributed by atoms with Crippen LogP contribution in [-0.2, 0) is 4.79 Å². The van der Waals surface area contributed by atoms with E-state index in [0.717, 1.165) is 13.0 Å². The van der Waals surface area contributed by atoms with Crippen LogP contribution in [0.2, 0.25) is 0 Å². The second kappa shape index (κ2) is 5.46. The van der Waals surface area contributed by atoms with Gasteiger partial charge < -0.3 is 15.4 Å². The summed E-state index contributed by atoms with van der Waals surface area (Å²) in [5, 5.41) is 16.8. The van der Waals surface area contributed by atoms with Gasteiger partial charge in [-0.15, -0.1) is 0 Å². The average molecular weight is 279 g/mol. The number of nitro benzene ring substituents is 1. The zero-order valence-electron chi connectivity index (χ0n) is 11.4. The SMILES string of the molecule is COc1ccc(NC(=O)C2(C)CCCN2)c([N+](=O)[O-])c1. The minimum absolute atomic E-state index is 0.177. The number of methoxy groups -OCH3 is 1.